The Morgan fingerprint density at radius 2 is 1.95 bits per heavy atom. The monoisotopic (exact) mass is 311 g/mol. The van der Waals surface area contributed by atoms with Crippen LogP contribution in [0.2, 0.25) is 5.02 Å². The lowest BCUT2D eigenvalue weighted by molar-refractivity contribution is 0.131. The molecule has 1 unspecified atom stereocenters. The Hall–Kier alpha value is -0.930. The summed E-state index contributed by atoms with van der Waals surface area (Å²) in [5.74, 6) is 2.18. The first-order valence-electron chi connectivity index (χ1n) is 7.78. The van der Waals surface area contributed by atoms with Gasteiger partial charge in [-0.25, -0.2) is 0 Å². The molecule has 1 aromatic carbocycles. The Morgan fingerprint density at radius 1 is 1.29 bits per heavy atom. The first-order chi connectivity index (χ1) is 9.99. The lowest BCUT2D eigenvalue weighted by atomic mass is 9.89. The molecule has 21 heavy (non-hydrogen) atoms. The van der Waals surface area contributed by atoms with Crippen LogP contribution in [0.4, 0.5) is 0 Å². The topological polar surface area (TPSA) is 44.5 Å². The Labute approximate surface area is 132 Å². The van der Waals surface area contributed by atoms with Gasteiger partial charge in [0.25, 0.3) is 0 Å². The molecule has 1 aromatic rings. The first kappa shape index (κ1) is 16.4. The van der Waals surface area contributed by atoms with Crippen molar-refractivity contribution in [3.05, 3.63) is 22.7 Å². The summed E-state index contributed by atoms with van der Waals surface area (Å²) in [6, 6.07) is 4.02. The van der Waals surface area contributed by atoms with E-state index < -0.39 is 0 Å². The average molecular weight is 312 g/mol. The second kappa shape index (κ2) is 7.37. The molecule has 0 aliphatic heterocycles. The zero-order valence-electron chi connectivity index (χ0n) is 13.2. The van der Waals surface area contributed by atoms with E-state index in [1.165, 1.54) is 12.8 Å². The maximum absolute atomic E-state index is 6.40. The van der Waals surface area contributed by atoms with E-state index in [9.17, 15) is 0 Å². The van der Waals surface area contributed by atoms with Crippen molar-refractivity contribution in [2.24, 2.45) is 11.7 Å². The molecule has 1 atom stereocenters. The van der Waals surface area contributed by atoms with Crippen LogP contribution in [0.15, 0.2) is 12.1 Å². The molecule has 0 amide bonds. The summed E-state index contributed by atoms with van der Waals surface area (Å²) in [6.07, 6.45) is 5.62. The van der Waals surface area contributed by atoms with Crippen molar-refractivity contribution in [3.8, 4) is 11.5 Å². The van der Waals surface area contributed by atoms with Crippen LogP contribution in [0, 0.1) is 5.92 Å². The predicted molar refractivity (Wildman–Crippen MR) is 87.4 cm³/mol. The molecule has 0 spiro atoms. The number of ether oxygens (including phenoxy) is 2. The molecule has 2 N–H and O–H groups in total. The van der Waals surface area contributed by atoms with Crippen LogP contribution in [0.1, 0.15) is 45.1 Å². The lowest BCUT2D eigenvalue weighted by Gasteiger charge is -2.28. The summed E-state index contributed by atoms with van der Waals surface area (Å²) in [4.78, 5) is 0. The zero-order chi connectivity index (χ0) is 15.4. The van der Waals surface area contributed by atoms with E-state index in [0.29, 0.717) is 16.5 Å². The van der Waals surface area contributed by atoms with Crippen LogP contribution in [-0.4, -0.2) is 19.3 Å². The standard InChI is InChI=1S/C17H26ClNO2/c1-11-4-6-14(7-5-11)21-17-15(18)9-13(8-12(2)19)10-16(17)20-3/h9-12,14H,4-8,19H2,1-3H3. The van der Waals surface area contributed by atoms with E-state index in [2.05, 4.69) is 6.92 Å². The fraction of sp³-hybridized carbons (Fsp3) is 0.647. The fourth-order valence-corrected chi connectivity index (χ4v) is 3.17. The molecule has 0 heterocycles. The van der Waals surface area contributed by atoms with Gasteiger partial charge in [-0.2, -0.15) is 0 Å². The van der Waals surface area contributed by atoms with Crippen molar-refractivity contribution in [1.29, 1.82) is 0 Å². The molecule has 0 radical (unpaired) electrons. The fourth-order valence-electron chi connectivity index (χ4n) is 2.89. The second-order valence-corrected chi connectivity index (χ2v) is 6.70. The molecule has 3 nitrogen and oxygen atoms in total. The molecule has 1 aliphatic rings. The lowest BCUT2D eigenvalue weighted by Crippen LogP contribution is -2.23. The summed E-state index contributed by atoms with van der Waals surface area (Å²) in [6.45, 7) is 4.28. The van der Waals surface area contributed by atoms with Gasteiger partial charge in [0.2, 0.25) is 0 Å². The molecule has 0 bridgehead atoms. The smallest absolute Gasteiger partial charge is 0.180 e. The molecule has 1 fully saturated rings. The second-order valence-electron chi connectivity index (χ2n) is 6.29. The van der Waals surface area contributed by atoms with Crippen molar-refractivity contribution in [3.63, 3.8) is 0 Å². The van der Waals surface area contributed by atoms with Crippen LogP contribution in [0.5, 0.6) is 11.5 Å². The number of rotatable bonds is 5. The number of hydrogen-bond donors (Lipinski definition) is 1. The van der Waals surface area contributed by atoms with Gasteiger partial charge < -0.3 is 15.2 Å². The summed E-state index contributed by atoms with van der Waals surface area (Å²) in [5, 5.41) is 0.614. The van der Waals surface area contributed by atoms with Crippen LogP contribution in [0.3, 0.4) is 0 Å². The van der Waals surface area contributed by atoms with E-state index in [1.807, 2.05) is 19.1 Å². The number of methoxy groups -OCH3 is 1. The van der Waals surface area contributed by atoms with Crippen LogP contribution < -0.4 is 15.2 Å². The van der Waals surface area contributed by atoms with Crippen molar-refractivity contribution in [2.45, 2.75) is 58.1 Å². The Balaban J connectivity index is 2.14. The number of benzene rings is 1. The van der Waals surface area contributed by atoms with Crippen molar-refractivity contribution < 1.29 is 9.47 Å². The Morgan fingerprint density at radius 3 is 2.52 bits per heavy atom. The number of hydrogen-bond acceptors (Lipinski definition) is 3. The highest BCUT2D eigenvalue weighted by molar-refractivity contribution is 6.32. The largest absolute Gasteiger partial charge is 0.493 e. The highest BCUT2D eigenvalue weighted by Gasteiger charge is 2.22. The summed E-state index contributed by atoms with van der Waals surface area (Å²) in [7, 11) is 1.65. The van der Waals surface area contributed by atoms with Gasteiger partial charge in [0.1, 0.15) is 0 Å². The van der Waals surface area contributed by atoms with Gasteiger partial charge in [-0.15, -0.1) is 0 Å². The molecular formula is C17H26ClNO2. The van der Waals surface area contributed by atoms with Crippen LogP contribution in [0.25, 0.3) is 0 Å². The highest BCUT2D eigenvalue weighted by Crippen LogP contribution is 2.39. The SMILES string of the molecule is COc1cc(CC(C)N)cc(Cl)c1OC1CCC(C)CC1. The quantitative estimate of drug-likeness (QED) is 0.886. The first-order valence-corrected chi connectivity index (χ1v) is 8.16. The maximum Gasteiger partial charge on any atom is 0.180 e. The average Bonchev–Trinajstić information content (AvgIpc) is 2.43. The van der Waals surface area contributed by atoms with Gasteiger partial charge in [-0.05, 0) is 62.6 Å². The van der Waals surface area contributed by atoms with E-state index in [-0.39, 0.29) is 12.1 Å². The molecule has 2 rings (SSSR count). The molecule has 1 saturated carbocycles. The van der Waals surface area contributed by atoms with Crippen molar-refractivity contribution in [2.75, 3.05) is 7.11 Å². The third-order valence-corrected chi connectivity index (χ3v) is 4.38. The Bertz CT molecular complexity index is 468. The minimum absolute atomic E-state index is 0.0948. The molecular weight excluding hydrogens is 286 g/mol. The van der Waals surface area contributed by atoms with E-state index >= 15 is 0 Å². The van der Waals surface area contributed by atoms with Gasteiger partial charge in [0.05, 0.1) is 18.2 Å². The van der Waals surface area contributed by atoms with Gasteiger partial charge in [0, 0.05) is 6.04 Å². The van der Waals surface area contributed by atoms with Crippen molar-refractivity contribution in [1.82, 2.24) is 0 Å². The maximum atomic E-state index is 6.40. The number of nitrogens with two attached hydrogens (primary N) is 1. The third-order valence-electron chi connectivity index (χ3n) is 4.09. The summed E-state index contributed by atoms with van der Waals surface area (Å²) >= 11 is 6.40. The van der Waals surface area contributed by atoms with Crippen LogP contribution in [-0.2, 0) is 6.42 Å². The minimum Gasteiger partial charge on any atom is -0.493 e. The molecule has 0 saturated heterocycles. The normalized spacial score (nSPS) is 23.7. The summed E-state index contributed by atoms with van der Waals surface area (Å²) in [5.41, 5.74) is 6.93. The number of halogens is 1. The van der Waals surface area contributed by atoms with E-state index in [4.69, 9.17) is 26.8 Å². The molecule has 1 aliphatic carbocycles. The van der Waals surface area contributed by atoms with Gasteiger partial charge in [-0.3, -0.25) is 0 Å². The molecule has 0 aromatic heterocycles. The highest BCUT2D eigenvalue weighted by atomic mass is 35.5. The van der Waals surface area contributed by atoms with Gasteiger partial charge in [-0.1, -0.05) is 18.5 Å². The zero-order valence-corrected chi connectivity index (χ0v) is 14.0. The Kier molecular flexibility index (Phi) is 5.77. The molecule has 4 heteroatoms. The van der Waals surface area contributed by atoms with Crippen LogP contribution >= 0.6 is 11.6 Å². The summed E-state index contributed by atoms with van der Waals surface area (Å²) < 4.78 is 11.6. The van der Waals surface area contributed by atoms with Crippen molar-refractivity contribution >= 4 is 11.6 Å². The predicted octanol–water partition coefficient (Wildman–Crippen LogP) is 4.20. The van der Waals surface area contributed by atoms with E-state index in [1.54, 1.807) is 7.11 Å². The van der Waals surface area contributed by atoms with Gasteiger partial charge >= 0.3 is 0 Å². The van der Waals surface area contributed by atoms with Gasteiger partial charge in [0.15, 0.2) is 11.5 Å². The minimum atomic E-state index is 0.0948. The molecule has 118 valence electrons. The third kappa shape index (κ3) is 4.52. The van der Waals surface area contributed by atoms with E-state index in [0.717, 1.165) is 30.7 Å².